The van der Waals surface area contributed by atoms with Crippen molar-refractivity contribution in [3.8, 4) is 11.5 Å². The SMILES string of the molecule is CC(=O)c1ccc(Oc2cnccc2C(=O)O)c(F)c1. The highest BCUT2D eigenvalue weighted by Gasteiger charge is 2.14. The molecule has 1 N–H and O–H groups in total. The average Bonchev–Trinajstić information content (AvgIpc) is 2.41. The molecule has 0 aliphatic rings. The largest absolute Gasteiger partial charge is 0.478 e. The van der Waals surface area contributed by atoms with Crippen LogP contribution in [0.4, 0.5) is 4.39 Å². The van der Waals surface area contributed by atoms with Crippen LogP contribution < -0.4 is 4.74 Å². The number of aromatic carboxylic acids is 1. The number of ether oxygens (including phenoxy) is 1. The number of rotatable bonds is 4. The zero-order valence-corrected chi connectivity index (χ0v) is 10.5. The van der Waals surface area contributed by atoms with Crippen molar-refractivity contribution < 1.29 is 23.8 Å². The van der Waals surface area contributed by atoms with Gasteiger partial charge >= 0.3 is 5.97 Å². The monoisotopic (exact) mass is 275 g/mol. The fraction of sp³-hybridized carbons (Fsp3) is 0.0714. The van der Waals surface area contributed by atoms with Gasteiger partial charge in [0.2, 0.25) is 0 Å². The number of carbonyl (C=O) groups excluding carboxylic acids is 1. The van der Waals surface area contributed by atoms with Gasteiger partial charge < -0.3 is 9.84 Å². The van der Waals surface area contributed by atoms with Crippen LogP contribution >= 0.6 is 0 Å². The number of ketones is 1. The van der Waals surface area contributed by atoms with Gasteiger partial charge in [-0.25, -0.2) is 9.18 Å². The Kier molecular flexibility index (Phi) is 3.74. The topological polar surface area (TPSA) is 76.5 Å². The summed E-state index contributed by atoms with van der Waals surface area (Å²) in [6.45, 7) is 1.32. The van der Waals surface area contributed by atoms with Crippen molar-refractivity contribution in [1.82, 2.24) is 4.98 Å². The Labute approximate surface area is 113 Å². The Morgan fingerprint density at radius 3 is 2.60 bits per heavy atom. The minimum atomic E-state index is -1.21. The predicted molar refractivity (Wildman–Crippen MR) is 67.7 cm³/mol. The van der Waals surface area contributed by atoms with Crippen molar-refractivity contribution in [2.24, 2.45) is 0 Å². The minimum absolute atomic E-state index is 0.0746. The summed E-state index contributed by atoms with van der Waals surface area (Å²) >= 11 is 0. The van der Waals surface area contributed by atoms with E-state index in [1.165, 1.54) is 37.5 Å². The third kappa shape index (κ3) is 2.80. The van der Waals surface area contributed by atoms with Crippen molar-refractivity contribution in [2.75, 3.05) is 0 Å². The summed E-state index contributed by atoms with van der Waals surface area (Å²) in [5.41, 5.74) is 0.0783. The normalized spacial score (nSPS) is 10.1. The zero-order chi connectivity index (χ0) is 14.7. The maximum Gasteiger partial charge on any atom is 0.339 e. The maximum absolute atomic E-state index is 13.8. The number of carbonyl (C=O) groups is 2. The van der Waals surface area contributed by atoms with Crippen LogP contribution in [0.15, 0.2) is 36.7 Å². The van der Waals surface area contributed by atoms with E-state index < -0.39 is 11.8 Å². The molecule has 0 saturated carbocycles. The first-order valence-corrected chi connectivity index (χ1v) is 5.64. The summed E-state index contributed by atoms with van der Waals surface area (Å²) in [6.07, 6.45) is 2.48. The van der Waals surface area contributed by atoms with Gasteiger partial charge in [-0.05, 0) is 31.2 Å². The van der Waals surface area contributed by atoms with E-state index in [0.717, 1.165) is 6.07 Å². The molecule has 0 bridgehead atoms. The first kappa shape index (κ1) is 13.7. The number of Topliss-reactive ketones (excluding diaryl/α,β-unsaturated/α-hetero) is 1. The molecule has 20 heavy (non-hydrogen) atoms. The first-order chi connectivity index (χ1) is 9.49. The third-order valence-electron chi connectivity index (χ3n) is 2.57. The lowest BCUT2D eigenvalue weighted by atomic mass is 10.1. The molecule has 0 radical (unpaired) electrons. The van der Waals surface area contributed by atoms with E-state index in [2.05, 4.69) is 4.98 Å². The number of hydrogen-bond acceptors (Lipinski definition) is 4. The number of pyridine rings is 1. The second-order valence-electron chi connectivity index (χ2n) is 3.98. The molecule has 2 rings (SSSR count). The molecule has 0 fully saturated rings. The van der Waals surface area contributed by atoms with Gasteiger partial charge in [0.1, 0.15) is 5.56 Å². The van der Waals surface area contributed by atoms with E-state index in [1.807, 2.05) is 0 Å². The smallest absolute Gasteiger partial charge is 0.339 e. The molecule has 0 atom stereocenters. The molecule has 1 aromatic carbocycles. The van der Waals surface area contributed by atoms with Gasteiger partial charge in [0.15, 0.2) is 23.1 Å². The molecule has 0 spiro atoms. The van der Waals surface area contributed by atoms with Gasteiger partial charge in [-0.3, -0.25) is 9.78 Å². The van der Waals surface area contributed by atoms with Crippen LogP contribution in [0, 0.1) is 5.82 Å². The average molecular weight is 275 g/mol. The van der Waals surface area contributed by atoms with Gasteiger partial charge in [0.25, 0.3) is 0 Å². The lowest BCUT2D eigenvalue weighted by Crippen LogP contribution is -2.01. The highest BCUT2D eigenvalue weighted by atomic mass is 19.1. The number of halogens is 1. The number of benzene rings is 1. The van der Waals surface area contributed by atoms with Crippen molar-refractivity contribution in [2.45, 2.75) is 6.92 Å². The number of carboxylic acids is 1. The van der Waals surface area contributed by atoms with E-state index >= 15 is 0 Å². The molecule has 2 aromatic rings. The molecule has 6 heteroatoms. The Hall–Kier alpha value is -2.76. The predicted octanol–water partition coefficient (Wildman–Crippen LogP) is 2.91. The van der Waals surface area contributed by atoms with E-state index in [9.17, 15) is 14.0 Å². The van der Waals surface area contributed by atoms with Gasteiger partial charge in [-0.1, -0.05) is 0 Å². The first-order valence-electron chi connectivity index (χ1n) is 5.64. The highest BCUT2D eigenvalue weighted by Crippen LogP contribution is 2.27. The fourth-order valence-corrected chi connectivity index (χ4v) is 1.56. The number of nitrogens with zero attached hydrogens (tertiary/aromatic N) is 1. The molecule has 0 aliphatic heterocycles. The molecule has 0 saturated heterocycles. The van der Waals surface area contributed by atoms with Crippen LogP contribution in [0.5, 0.6) is 11.5 Å². The van der Waals surface area contributed by atoms with Gasteiger partial charge in [0.05, 0.1) is 6.20 Å². The van der Waals surface area contributed by atoms with Crippen LogP contribution in [0.25, 0.3) is 0 Å². The molecule has 0 amide bonds. The van der Waals surface area contributed by atoms with Crippen LogP contribution in [0.3, 0.4) is 0 Å². The van der Waals surface area contributed by atoms with Crippen LogP contribution in [-0.2, 0) is 0 Å². The lowest BCUT2D eigenvalue weighted by molar-refractivity contribution is 0.0693. The summed E-state index contributed by atoms with van der Waals surface area (Å²) in [5, 5.41) is 8.98. The molecule has 1 aromatic heterocycles. The summed E-state index contributed by atoms with van der Waals surface area (Å²) in [7, 11) is 0. The Morgan fingerprint density at radius 1 is 1.25 bits per heavy atom. The zero-order valence-electron chi connectivity index (χ0n) is 10.5. The van der Waals surface area contributed by atoms with Gasteiger partial charge in [-0.2, -0.15) is 0 Å². The Balaban J connectivity index is 2.36. The number of hydrogen-bond donors (Lipinski definition) is 1. The molecule has 102 valence electrons. The fourth-order valence-electron chi connectivity index (χ4n) is 1.56. The van der Waals surface area contributed by atoms with E-state index in [1.54, 1.807) is 0 Å². The second kappa shape index (κ2) is 5.48. The van der Waals surface area contributed by atoms with Crippen LogP contribution in [0.1, 0.15) is 27.6 Å². The highest BCUT2D eigenvalue weighted by molar-refractivity contribution is 5.94. The van der Waals surface area contributed by atoms with E-state index in [4.69, 9.17) is 9.84 Å². The maximum atomic E-state index is 13.8. The standard InChI is InChI=1S/C14H10FNO4/c1-8(17)9-2-3-12(11(15)6-9)20-13-7-16-5-4-10(13)14(18)19/h2-7H,1H3,(H,18,19). The molecular formula is C14H10FNO4. The summed E-state index contributed by atoms with van der Waals surface area (Å²) in [4.78, 5) is 25.8. The van der Waals surface area contributed by atoms with Gasteiger partial charge in [0, 0.05) is 11.8 Å². The second-order valence-corrected chi connectivity index (χ2v) is 3.98. The van der Waals surface area contributed by atoms with E-state index in [-0.39, 0.29) is 28.4 Å². The summed E-state index contributed by atoms with van der Waals surface area (Å²) in [6, 6.07) is 4.95. The van der Waals surface area contributed by atoms with Crippen LogP contribution in [-0.4, -0.2) is 21.8 Å². The Bertz CT molecular complexity index is 685. The minimum Gasteiger partial charge on any atom is -0.478 e. The van der Waals surface area contributed by atoms with Gasteiger partial charge in [-0.15, -0.1) is 0 Å². The molecule has 0 unspecified atom stereocenters. The lowest BCUT2D eigenvalue weighted by Gasteiger charge is -2.09. The number of aromatic nitrogens is 1. The Morgan fingerprint density at radius 2 is 2.00 bits per heavy atom. The van der Waals surface area contributed by atoms with Crippen molar-refractivity contribution >= 4 is 11.8 Å². The van der Waals surface area contributed by atoms with Crippen LogP contribution in [0.2, 0.25) is 0 Å². The summed E-state index contributed by atoms with van der Waals surface area (Å²) < 4.78 is 19.0. The van der Waals surface area contributed by atoms with E-state index in [0.29, 0.717) is 0 Å². The third-order valence-corrected chi connectivity index (χ3v) is 2.57. The molecular weight excluding hydrogens is 265 g/mol. The molecule has 0 aliphatic carbocycles. The number of carboxylic acid groups (broad SMARTS) is 1. The summed E-state index contributed by atoms with van der Waals surface area (Å²) in [5.74, 6) is -2.48. The van der Waals surface area contributed by atoms with Crippen molar-refractivity contribution in [1.29, 1.82) is 0 Å². The quantitative estimate of drug-likeness (QED) is 0.868. The molecule has 1 heterocycles. The molecule has 5 nitrogen and oxygen atoms in total. The van der Waals surface area contributed by atoms with Crippen molar-refractivity contribution in [3.05, 3.63) is 53.6 Å². The van der Waals surface area contributed by atoms with Crippen molar-refractivity contribution in [3.63, 3.8) is 0 Å².